The van der Waals surface area contributed by atoms with Crippen molar-refractivity contribution >= 4 is 15.9 Å². The molecule has 2 rings (SSSR count). The molecule has 0 unspecified atom stereocenters. The molecule has 142 valence electrons. The molecule has 1 amide bonds. The van der Waals surface area contributed by atoms with Crippen molar-refractivity contribution in [3.05, 3.63) is 11.7 Å². The molecule has 0 spiro atoms. The van der Waals surface area contributed by atoms with E-state index < -0.39 is 15.6 Å². The Hall–Kier alpha value is -1.52. The lowest BCUT2D eigenvalue weighted by molar-refractivity contribution is -0.122. The minimum atomic E-state index is -3.54. The topological polar surface area (TPSA) is 115 Å². The summed E-state index contributed by atoms with van der Waals surface area (Å²) in [7, 11) is -3.54. The lowest BCUT2D eigenvalue weighted by atomic mass is 10.1. The third kappa shape index (κ3) is 6.05. The molecule has 1 aromatic rings. The summed E-state index contributed by atoms with van der Waals surface area (Å²) >= 11 is 0. The Bertz CT molecular complexity index is 710. The molecule has 25 heavy (non-hydrogen) atoms. The highest BCUT2D eigenvalue weighted by Gasteiger charge is 2.34. The molecule has 1 aromatic heterocycles. The third-order valence-electron chi connectivity index (χ3n) is 3.64. The lowest BCUT2D eigenvalue weighted by Crippen LogP contribution is -2.48. The van der Waals surface area contributed by atoms with Gasteiger partial charge in [0.15, 0.2) is 5.82 Å². The first-order valence-corrected chi connectivity index (χ1v) is 10.0. The Morgan fingerprint density at radius 3 is 2.56 bits per heavy atom. The number of hydrogen-bond donors (Lipinski definition) is 1. The first-order valence-electron chi connectivity index (χ1n) is 8.16. The van der Waals surface area contributed by atoms with Crippen molar-refractivity contribution in [1.29, 1.82) is 0 Å². The number of hydrogen-bond acceptors (Lipinski definition) is 7. The van der Waals surface area contributed by atoms with Crippen LogP contribution in [0.3, 0.4) is 0 Å². The van der Waals surface area contributed by atoms with Gasteiger partial charge in [-0.25, -0.2) is 8.42 Å². The molecule has 10 heteroatoms. The molecule has 1 saturated heterocycles. The highest BCUT2D eigenvalue weighted by atomic mass is 32.2. The van der Waals surface area contributed by atoms with Gasteiger partial charge in [-0.3, -0.25) is 4.79 Å². The van der Waals surface area contributed by atoms with Gasteiger partial charge in [0.25, 0.3) is 5.89 Å². The molecule has 2 heterocycles. The fourth-order valence-corrected chi connectivity index (χ4v) is 3.42. The van der Waals surface area contributed by atoms with Crippen LogP contribution in [0.2, 0.25) is 0 Å². The molecule has 1 fully saturated rings. The number of aryl methyl sites for hydroxylation is 1. The Kier molecular flexibility index (Phi) is 5.85. The largest absolute Gasteiger partial charge is 0.364 e. The second-order valence-corrected chi connectivity index (χ2v) is 9.34. The van der Waals surface area contributed by atoms with Gasteiger partial charge in [-0.2, -0.15) is 9.29 Å². The number of nitrogens with one attached hydrogen (secondary N) is 1. The molecule has 1 N–H and O–H groups in total. The Morgan fingerprint density at radius 1 is 1.36 bits per heavy atom. The van der Waals surface area contributed by atoms with Crippen LogP contribution in [0.25, 0.3) is 0 Å². The maximum Gasteiger partial charge on any atom is 0.255 e. The number of carbonyl (C=O) groups excluding carboxylic acids is 1. The van der Waals surface area contributed by atoms with Crippen molar-refractivity contribution in [2.75, 3.05) is 19.3 Å². The summed E-state index contributed by atoms with van der Waals surface area (Å²) < 4.78 is 36.1. The highest BCUT2D eigenvalue weighted by Crippen LogP contribution is 2.32. The van der Waals surface area contributed by atoms with Gasteiger partial charge in [0.1, 0.15) is 6.10 Å². The van der Waals surface area contributed by atoms with E-state index >= 15 is 0 Å². The normalized spacial score (nSPS) is 21.7. The van der Waals surface area contributed by atoms with E-state index in [2.05, 4.69) is 15.5 Å². The molecular weight excluding hydrogens is 348 g/mol. The summed E-state index contributed by atoms with van der Waals surface area (Å²) in [5.74, 6) is 0.579. The average molecular weight is 374 g/mol. The van der Waals surface area contributed by atoms with Gasteiger partial charge >= 0.3 is 0 Å². The van der Waals surface area contributed by atoms with Gasteiger partial charge in [-0.05, 0) is 40.5 Å². The lowest BCUT2D eigenvalue weighted by Gasteiger charge is -2.26. The van der Waals surface area contributed by atoms with E-state index in [0.717, 1.165) is 10.6 Å². The van der Waals surface area contributed by atoms with Crippen molar-refractivity contribution < 1.29 is 22.5 Å². The van der Waals surface area contributed by atoms with Crippen LogP contribution >= 0.6 is 0 Å². The van der Waals surface area contributed by atoms with E-state index in [9.17, 15) is 13.2 Å². The van der Waals surface area contributed by atoms with E-state index in [1.807, 2.05) is 20.8 Å². The summed E-state index contributed by atoms with van der Waals surface area (Å²) in [6.45, 7) is 7.12. The third-order valence-corrected chi connectivity index (χ3v) is 4.85. The van der Waals surface area contributed by atoms with Gasteiger partial charge in [-0.15, -0.1) is 0 Å². The van der Waals surface area contributed by atoms with Crippen molar-refractivity contribution in [2.45, 2.75) is 58.3 Å². The molecule has 0 bridgehead atoms. The Labute approximate surface area is 148 Å². The molecule has 1 aliphatic rings. The highest BCUT2D eigenvalue weighted by molar-refractivity contribution is 7.88. The average Bonchev–Trinajstić information content (AvgIpc) is 3.03. The summed E-state index contributed by atoms with van der Waals surface area (Å²) in [6.07, 6.45) is 1.74. The molecule has 0 aromatic carbocycles. The predicted molar refractivity (Wildman–Crippen MR) is 90.2 cm³/mol. The van der Waals surface area contributed by atoms with E-state index in [1.54, 1.807) is 6.92 Å². The SMILES string of the molecule is Cc1noc([C@@H]2CC[C@H](CN(CC(=O)NC(C)(C)C)S(C)(=O)=O)O2)n1. The predicted octanol–water partition coefficient (Wildman–Crippen LogP) is 0.774. The van der Waals surface area contributed by atoms with Crippen LogP contribution in [-0.2, 0) is 19.6 Å². The minimum absolute atomic E-state index is 0.111. The summed E-state index contributed by atoms with van der Waals surface area (Å²) in [5, 5.41) is 6.50. The molecular formula is C15H26N4O5S. The zero-order valence-corrected chi connectivity index (χ0v) is 16.1. The summed E-state index contributed by atoms with van der Waals surface area (Å²) in [5.41, 5.74) is -0.426. The Morgan fingerprint density at radius 2 is 2.04 bits per heavy atom. The monoisotopic (exact) mass is 374 g/mol. The van der Waals surface area contributed by atoms with Gasteiger partial charge in [0.2, 0.25) is 15.9 Å². The van der Waals surface area contributed by atoms with Crippen molar-refractivity contribution in [2.24, 2.45) is 0 Å². The maximum absolute atomic E-state index is 12.1. The van der Waals surface area contributed by atoms with E-state index in [4.69, 9.17) is 9.26 Å². The number of sulfonamides is 1. The van der Waals surface area contributed by atoms with Crippen molar-refractivity contribution in [3.8, 4) is 0 Å². The fourth-order valence-electron chi connectivity index (χ4n) is 2.63. The smallest absolute Gasteiger partial charge is 0.255 e. The van der Waals surface area contributed by atoms with Gasteiger partial charge in [0, 0.05) is 12.1 Å². The van der Waals surface area contributed by atoms with Crippen LogP contribution in [0.5, 0.6) is 0 Å². The van der Waals surface area contributed by atoms with Crippen LogP contribution in [0.15, 0.2) is 4.52 Å². The molecule has 0 aliphatic carbocycles. The van der Waals surface area contributed by atoms with E-state index in [-0.39, 0.29) is 31.2 Å². The molecule has 2 atom stereocenters. The zero-order chi connectivity index (χ0) is 18.8. The van der Waals surface area contributed by atoms with Crippen LogP contribution in [0.4, 0.5) is 0 Å². The second kappa shape index (κ2) is 7.38. The number of ether oxygens (including phenoxy) is 1. The summed E-state index contributed by atoms with van der Waals surface area (Å²) in [6, 6.07) is 0. The second-order valence-electron chi connectivity index (χ2n) is 7.36. The van der Waals surface area contributed by atoms with Gasteiger partial charge in [0.05, 0.1) is 18.9 Å². The minimum Gasteiger partial charge on any atom is -0.364 e. The quantitative estimate of drug-likeness (QED) is 0.782. The maximum atomic E-state index is 12.1. The number of amides is 1. The van der Waals surface area contributed by atoms with Gasteiger partial charge in [-0.1, -0.05) is 5.16 Å². The van der Waals surface area contributed by atoms with Crippen LogP contribution in [0.1, 0.15) is 51.4 Å². The van der Waals surface area contributed by atoms with Crippen LogP contribution in [-0.4, -0.2) is 59.8 Å². The molecule has 1 aliphatic heterocycles. The first kappa shape index (κ1) is 19.8. The Balaban J connectivity index is 1.97. The van der Waals surface area contributed by atoms with Crippen LogP contribution in [0, 0.1) is 6.92 Å². The standard InChI is InChI=1S/C15H26N4O5S/c1-10-16-14(24-18-10)12-7-6-11(23-12)8-19(25(5,21)22)9-13(20)17-15(2,3)4/h11-12H,6-9H2,1-5H3,(H,17,20)/t11-,12+/m1/s1. The number of aromatic nitrogens is 2. The van der Waals surface area contributed by atoms with Crippen LogP contribution < -0.4 is 5.32 Å². The first-order chi connectivity index (χ1) is 11.4. The number of nitrogens with zero attached hydrogens (tertiary/aromatic N) is 3. The number of carbonyl (C=O) groups is 1. The van der Waals surface area contributed by atoms with Crippen molar-refractivity contribution in [3.63, 3.8) is 0 Å². The van der Waals surface area contributed by atoms with E-state index in [0.29, 0.717) is 24.6 Å². The fraction of sp³-hybridized carbons (Fsp3) is 0.800. The number of rotatable bonds is 6. The molecule has 9 nitrogen and oxygen atoms in total. The summed E-state index contributed by atoms with van der Waals surface area (Å²) in [4.78, 5) is 16.2. The molecule has 0 radical (unpaired) electrons. The molecule has 0 saturated carbocycles. The zero-order valence-electron chi connectivity index (χ0n) is 15.3. The van der Waals surface area contributed by atoms with Gasteiger partial charge < -0.3 is 14.6 Å². The van der Waals surface area contributed by atoms with Crippen molar-refractivity contribution in [1.82, 2.24) is 19.8 Å². The van der Waals surface area contributed by atoms with E-state index in [1.165, 1.54) is 0 Å².